The lowest BCUT2D eigenvalue weighted by Gasteiger charge is -2.29. The summed E-state index contributed by atoms with van der Waals surface area (Å²) >= 11 is 0. The van der Waals surface area contributed by atoms with E-state index in [0.717, 1.165) is 12.8 Å². The molecule has 1 fully saturated rings. The molecule has 1 aromatic heterocycles. The number of nitrogens with zero attached hydrogens (tertiary/aromatic N) is 2. The van der Waals surface area contributed by atoms with Gasteiger partial charge in [0.1, 0.15) is 5.69 Å². The lowest BCUT2D eigenvalue weighted by Crippen LogP contribution is -2.45. The molecule has 1 unspecified atom stereocenters. The molecule has 7 nitrogen and oxygen atoms in total. The average molecular weight is 407 g/mol. The van der Waals surface area contributed by atoms with Crippen molar-refractivity contribution in [3.8, 4) is 0 Å². The number of amides is 1. The Morgan fingerprint density at radius 2 is 1.83 bits per heavy atom. The molecular formula is C22H34N2O5. The van der Waals surface area contributed by atoms with Crippen molar-refractivity contribution >= 4 is 17.7 Å². The van der Waals surface area contributed by atoms with Crippen LogP contribution in [0.25, 0.3) is 0 Å². The van der Waals surface area contributed by atoms with E-state index >= 15 is 0 Å². The molecular weight excluding hydrogens is 372 g/mol. The van der Waals surface area contributed by atoms with E-state index in [1.165, 1.54) is 0 Å². The minimum absolute atomic E-state index is 0.0328. The molecule has 7 heteroatoms. The molecule has 1 aliphatic rings. The number of carbonyl (C=O) groups excluding carboxylic acids is 3. The van der Waals surface area contributed by atoms with Gasteiger partial charge in [0.05, 0.1) is 12.6 Å². The molecule has 0 radical (unpaired) electrons. The van der Waals surface area contributed by atoms with E-state index in [1.54, 1.807) is 37.3 Å². The first-order chi connectivity index (χ1) is 13.8. The number of hydrogen-bond acceptors (Lipinski definition) is 5. The predicted molar refractivity (Wildman–Crippen MR) is 110 cm³/mol. The Morgan fingerprint density at radius 1 is 1.17 bits per heavy atom. The van der Waals surface area contributed by atoms with Crippen LogP contribution < -0.4 is 0 Å². The Balaban J connectivity index is 2.28. The number of aromatic nitrogens is 1. The van der Waals surface area contributed by atoms with Crippen LogP contribution in [-0.2, 0) is 21.3 Å². The summed E-state index contributed by atoms with van der Waals surface area (Å²) < 4.78 is 12.2. The van der Waals surface area contributed by atoms with Gasteiger partial charge < -0.3 is 18.9 Å². The van der Waals surface area contributed by atoms with Crippen molar-refractivity contribution < 1.29 is 23.9 Å². The van der Waals surface area contributed by atoms with Crippen LogP contribution in [0.1, 0.15) is 72.1 Å². The summed E-state index contributed by atoms with van der Waals surface area (Å²) in [4.78, 5) is 40.3. The van der Waals surface area contributed by atoms with E-state index in [1.807, 2.05) is 13.8 Å². The minimum atomic E-state index is -0.598. The van der Waals surface area contributed by atoms with Crippen LogP contribution in [-0.4, -0.2) is 59.5 Å². The molecule has 1 saturated carbocycles. The number of hydrogen-bond donors (Lipinski definition) is 0. The van der Waals surface area contributed by atoms with Crippen molar-refractivity contribution in [2.45, 2.75) is 59.9 Å². The lowest BCUT2D eigenvalue weighted by atomic mass is 9.99. The maximum atomic E-state index is 13.4. The highest BCUT2D eigenvalue weighted by atomic mass is 16.5. The molecule has 0 aliphatic heterocycles. The van der Waals surface area contributed by atoms with Crippen molar-refractivity contribution in [1.82, 2.24) is 9.47 Å². The Bertz CT molecular complexity index is 764. The Hall–Kier alpha value is -2.15. The molecule has 29 heavy (non-hydrogen) atoms. The van der Waals surface area contributed by atoms with E-state index in [2.05, 4.69) is 0 Å². The van der Waals surface area contributed by atoms with Crippen molar-refractivity contribution in [3.63, 3.8) is 0 Å². The van der Waals surface area contributed by atoms with Crippen LogP contribution in [0.4, 0.5) is 0 Å². The second-order valence-electron chi connectivity index (χ2n) is 7.61. The molecule has 1 aromatic rings. The maximum Gasteiger partial charge on any atom is 0.355 e. The summed E-state index contributed by atoms with van der Waals surface area (Å²) in [6.07, 6.45) is 2.46. The first kappa shape index (κ1) is 23.1. The standard InChI is InChI=1S/C22H34N2O5/c1-7-28-13-9-12-24(21(26)17-10-11-17)16(5)20(25)18-14(3)19(22(27)29-8-2)23(6)15(18)4/h16-17H,7-13H2,1-6H3. The van der Waals surface area contributed by atoms with Gasteiger partial charge in [0.2, 0.25) is 5.91 Å². The SMILES string of the molecule is CCOCCCN(C(=O)C1CC1)C(C)C(=O)c1c(C)c(C(=O)OCC)n(C)c1C. The zero-order chi connectivity index (χ0) is 21.7. The molecule has 1 aliphatic carbocycles. The molecule has 0 spiro atoms. The Labute approximate surface area is 173 Å². The summed E-state index contributed by atoms with van der Waals surface area (Å²) in [7, 11) is 1.76. The zero-order valence-electron chi connectivity index (χ0n) is 18.5. The number of ether oxygens (including phenoxy) is 2. The van der Waals surface area contributed by atoms with Gasteiger partial charge in [0.15, 0.2) is 5.78 Å². The van der Waals surface area contributed by atoms with E-state index in [4.69, 9.17) is 9.47 Å². The van der Waals surface area contributed by atoms with Gasteiger partial charge >= 0.3 is 5.97 Å². The fraction of sp³-hybridized carbons (Fsp3) is 0.682. The fourth-order valence-electron chi connectivity index (χ4n) is 3.72. The Kier molecular flexibility index (Phi) is 8.02. The highest BCUT2D eigenvalue weighted by molar-refractivity contribution is 6.06. The predicted octanol–water partition coefficient (Wildman–Crippen LogP) is 3.06. The highest BCUT2D eigenvalue weighted by Crippen LogP contribution is 2.32. The van der Waals surface area contributed by atoms with E-state index in [-0.39, 0.29) is 24.2 Å². The first-order valence-corrected chi connectivity index (χ1v) is 10.5. The number of esters is 1. The van der Waals surface area contributed by atoms with Gasteiger partial charge in [-0.3, -0.25) is 9.59 Å². The van der Waals surface area contributed by atoms with Crippen molar-refractivity contribution in [3.05, 3.63) is 22.5 Å². The third kappa shape index (κ3) is 5.07. The number of rotatable bonds is 11. The molecule has 0 aromatic carbocycles. The Morgan fingerprint density at radius 3 is 2.38 bits per heavy atom. The van der Waals surface area contributed by atoms with E-state index in [9.17, 15) is 14.4 Å². The van der Waals surface area contributed by atoms with Crippen LogP contribution in [0.2, 0.25) is 0 Å². The molecule has 1 amide bonds. The van der Waals surface area contributed by atoms with Crippen molar-refractivity contribution in [1.29, 1.82) is 0 Å². The van der Waals surface area contributed by atoms with E-state index < -0.39 is 12.0 Å². The number of Topliss-reactive ketones (excluding diaryl/α,β-unsaturated/α-hetero) is 1. The maximum absolute atomic E-state index is 13.4. The third-order valence-corrected chi connectivity index (χ3v) is 5.59. The molecule has 0 N–H and O–H groups in total. The van der Waals surface area contributed by atoms with Gasteiger partial charge in [-0.15, -0.1) is 0 Å². The second-order valence-corrected chi connectivity index (χ2v) is 7.61. The van der Waals surface area contributed by atoms with Gasteiger partial charge in [-0.1, -0.05) is 0 Å². The molecule has 1 atom stereocenters. The molecule has 0 bridgehead atoms. The molecule has 162 valence electrons. The zero-order valence-corrected chi connectivity index (χ0v) is 18.5. The number of ketones is 1. The fourth-order valence-corrected chi connectivity index (χ4v) is 3.72. The van der Waals surface area contributed by atoms with Crippen molar-refractivity contribution in [2.24, 2.45) is 13.0 Å². The average Bonchev–Trinajstić information content (AvgIpc) is 3.49. The topological polar surface area (TPSA) is 77.8 Å². The van der Waals surface area contributed by atoms with Crippen LogP contribution in [0, 0.1) is 19.8 Å². The summed E-state index contributed by atoms with van der Waals surface area (Å²) in [5.41, 5.74) is 2.20. The highest BCUT2D eigenvalue weighted by Gasteiger charge is 2.38. The second kappa shape index (κ2) is 10.1. The van der Waals surface area contributed by atoms with Gasteiger partial charge in [-0.05, 0) is 59.4 Å². The normalized spacial score (nSPS) is 14.6. The van der Waals surface area contributed by atoms with Gasteiger partial charge in [-0.25, -0.2) is 4.79 Å². The van der Waals surface area contributed by atoms with Gasteiger partial charge in [-0.2, -0.15) is 0 Å². The monoisotopic (exact) mass is 406 g/mol. The minimum Gasteiger partial charge on any atom is -0.461 e. The van der Waals surface area contributed by atoms with Gasteiger partial charge in [0.25, 0.3) is 0 Å². The van der Waals surface area contributed by atoms with Crippen LogP contribution >= 0.6 is 0 Å². The van der Waals surface area contributed by atoms with E-state index in [0.29, 0.717) is 48.7 Å². The van der Waals surface area contributed by atoms with Crippen molar-refractivity contribution in [2.75, 3.05) is 26.4 Å². The molecule has 1 heterocycles. The van der Waals surface area contributed by atoms with Crippen LogP contribution in [0.15, 0.2) is 0 Å². The smallest absolute Gasteiger partial charge is 0.355 e. The van der Waals surface area contributed by atoms with Gasteiger partial charge in [0, 0.05) is 44.0 Å². The summed E-state index contributed by atoms with van der Waals surface area (Å²) in [5, 5.41) is 0. The van der Waals surface area contributed by atoms with Crippen LogP contribution in [0.5, 0.6) is 0 Å². The van der Waals surface area contributed by atoms with Crippen LogP contribution in [0.3, 0.4) is 0 Å². The number of carbonyl (C=O) groups is 3. The lowest BCUT2D eigenvalue weighted by molar-refractivity contribution is -0.134. The summed E-state index contributed by atoms with van der Waals surface area (Å²) in [6.45, 7) is 11.0. The molecule has 2 rings (SSSR count). The quantitative estimate of drug-likeness (QED) is 0.321. The summed E-state index contributed by atoms with van der Waals surface area (Å²) in [5.74, 6) is -0.508. The summed E-state index contributed by atoms with van der Waals surface area (Å²) in [6, 6.07) is -0.598. The molecule has 0 saturated heterocycles. The third-order valence-electron chi connectivity index (χ3n) is 5.59. The first-order valence-electron chi connectivity index (χ1n) is 10.5. The largest absolute Gasteiger partial charge is 0.461 e.